The average Bonchev–Trinajstić information content (AvgIpc) is 2.38. The number of benzene rings is 1. The zero-order valence-corrected chi connectivity index (χ0v) is 11.1. The van der Waals surface area contributed by atoms with Gasteiger partial charge in [-0.05, 0) is 42.3 Å². The van der Waals surface area contributed by atoms with Gasteiger partial charge >= 0.3 is 0 Å². The van der Waals surface area contributed by atoms with Gasteiger partial charge < -0.3 is 10.5 Å². The molecule has 0 aliphatic carbocycles. The third-order valence-electron chi connectivity index (χ3n) is 2.93. The average molecular weight is 263 g/mol. The minimum absolute atomic E-state index is 0.276. The highest BCUT2D eigenvalue weighted by molar-refractivity contribution is 6.30. The van der Waals surface area contributed by atoms with E-state index in [-0.39, 0.29) is 6.04 Å². The molecule has 94 valence electrons. The summed E-state index contributed by atoms with van der Waals surface area (Å²) in [5.74, 6) is 0.739. The molecule has 2 aromatic rings. The first kappa shape index (κ1) is 12.9. The van der Waals surface area contributed by atoms with Crippen molar-refractivity contribution in [3.8, 4) is 5.75 Å². The third-order valence-corrected chi connectivity index (χ3v) is 3.16. The summed E-state index contributed by atoms with van der Waals surface area (Å²) in [6.07, 6.45) is 3.53. The Balaban J connectivity index is 2.48. The Kier molecular flexibility index (Phi) is 3.84. The van der Waals surface area contributed by atoms with Crippen LogP contribution in [0.5, 0.6) is 5.75 Å². The van der Waals surface area contributed by atoms with Gasteiger partial charge in [-0.25, -0.2) is 0 Å². The molecule has 1 heterocycles. The van der Waals surface area contributed by atoms with E-state index in [1.54, 1.807) is 25.6 Å². The second kappa shape index (κ2) is 5.38. The number of aromatic nitrogens is 1. The Bertz CT molecular complexity index is 557. The van der Waals surface area contributed by atoms with Gasteiger partial charge in [-0.15, -0.1) is 0 Å². The Morgan fingerprint density at radius 1 is 1.28 bits per heavy atom. The third kappa shape index (κ3) is 2.47. The summed E-state index contributed by atoms with van der Waals surface area (Å²) < 4.78 is 5.33. The Labute approximate surface area is 112 Å². The van der Waals surface area contributed by atoms with Crippen LogP contribution in [0.4, 0.5) is 0 Å². The molecule has 0 aliphatic rings. The number of rotatable bonds is 3. The van der Waals surface area contributed by atoms with E-state index in [9.17, 15) is 0 Å². The van der Waals surface area contributed by atoms with Crippen LogP contribution in [0, 0.1) is 6.92 Å². The lowest BCUT2D eigenvalue weighted by molar-refractivity contribution is 0.408. The first-order valence-corrected chi connectivity index (χ1v) is 6.01. The normalized spacial score (nSPS) is 12.2. The smallest absolute Gasteiger partial charge is 0.124 e. The zero-order valence-electron chi connectivity index (χ0n) is 10.4. The van der Waals surface area contributed by atoms with E-state index in [1.807, 2.05) is 25.1 Å². The first-order chi connectivity index (χ1) is 8.63. The van der Waals surface area contributed by atoms with E-state index in [0.717, 1.165) is 22.4 Å². The molecule has 2 N–H and O–H groups in total. The number of pyridine rings is 1. The molecule has 0 amide bonds. The second-order valence-electron chi connectivity index (χ2n) is 4.10. The fourth-order valence-electron chi connectivity index (χ4n) is 1.95. The highest BCUT2D eigenvalue weighted by Crippen LogP contribution is 2.31. The highest BCUT2D eigenvalue weighted by atomic mass is 35.5. The fourth-order valence-corrected chi connectivity index (χ4v) is 2.13. The van der Waals surface area contributed by atoms with Crippen molar-refractivity contribution in [2.45, 2.75) is 13.0 Å². The first-order valence-electron chi connectivity index (χ1n) is 5.63. The van der Waals surface area contributed by atoms with Gasteiger partial charge in [0.2, 0.25) is 0 Å². The number of hydrogen-bond donors (Lipinski definition) is 1. The van der Waals surface area contributed by atoms with Crippen LogP contribution in [-0.2, 0) is 0 Å². The van der Waals surface area contributed by atoms with E-state index in [2.05, 4.69) is 4.98 Å². The van der Waals surface area contributed by atoms with Crippen molar-refractivity contribution in [2.24, 2.45) is 5.73 Å². The van der Waals surface area contributed by atoms with Crippen LogP contribution in [0.1, 0.15) is 22.7 Å². The van der Waals surface area contributed by atoms with Gasteiger partial charge in [0, 0.05) is 23.0 Å². The largest absolute Gasteiger partial charge is 0.496 e. The van der Waals surface area contributed by atoms with Crippen molar-refractivity contribution in [1.82, 2.24) is 4.98 Å². The molecule has 2 rings (SSSR count). The molecule has 18 heavy (non-hydrogen) atoms. The van der Waals surface area contributed by atoms with Crippen molar-refractivity contribution in [3.05, 3.63) is 58.4 Å². The summed E-state index contributed by atoms with van der Waals surface area (Å²) in [7, 11) is 1.62. The van der Waals surface area contributed by atoms with Crippen LogP contribution in [0.3, 0.4) is 0 Å². The van der Waals surface area contributed by atoms with Gasteiger partial charge in [0.05, 0.1) is 13.2 Å². The van der Waals surface area contributed by atoms with Crippen LogP contribution in [0.25, 0.3) is 0 Å². The van der Waals surface area contributed by atoms with Gasteiger partial charge in [-0.1, -0.05) is 11.6 Å². The van der Waals surface area contributed by atoms with E-state index >= 15 is 0 Å². The molecule has 0 saturated heterocycles. The number of nitrogens with two attached hydrogens (primary N) is 1. The van der Waals surface area contributed by atoms with Crippen LogP contribution in [0.15, 0.2) is 36.7 Å². The molecule has 1 unspecified atom stereocenters. The maximum atomic E-state index is 6.30. The summed E-state index contributed by atoms with van der Waals surface area (Å²) in [5.41, 5.74) is 9.24. The second-order valence-corrected chi connectivity index (χ2v) is 4.53. The van der Waals surface area contributed by atoms with Gasteiger partial charge in [0.1, 0.15) is 5.75 Å². The summed E-state index contributed by atoms with van der Waals surface area (Å²) in [6.45, 7) is 1.99. The molecular formula is C14H15ClN2O. The van der Waals surface area contributed by atoms with Crippen molar-refractivity contribution < 1.29 is 4.74 Å². The minimum atomic E-state index is -0.276. The standard InChI is InChI=1S/C14H15ClN2O/c1-9-8-17-6-5-11(9)14(16)12-7-10(15)3-4-13(12)18-2/h3-8,14H,16H2,1-2H3. The molecule has 1 aromatic carbocycles. The SMILES string of the molecule is COc1ccc(Cl)cc1C(N)c1ccncc1C. The number of nitrogens with zero attached hydrogens (tertiary/aromatic N) is 1. The maximum absolute atomic E-state index is 6.30. The molecule has 3 nitrogen and oxygen atoms in total. The van der Waals surface area contributed by atoms with Gasteiger partial charge in [0.25, 0.3) is 0 Å². The number of hydrogen-bond acceptors (Lipinski definition) is 3. The molecular weight excluding hydrogens is 248 g/mol. The lowest BCUT2D eigenvalue weighted by Crippen LogP contribution is -2.14. The van der Waals surface area contributed by atoms with E-state index in [4.69, 9.17) is 22.1 Å². The predicted molar refractivity (Wildman–Crippen MR) is 73.0 cm³/mol. The summed E-state index contributed by atoms with van der Waals surface area (Å²) in [5, 5.41) is 0.646. The highest BCUT2D eigenvalue weighted by Gasteiger charge is 2.16. The van der Waals surface area contributed by atoms with E-state index in [0.29, 0.717) is 5.02 Å². The Morgan fingerprint density at radius 2 is 2.06 bits per heavy atom. The molecule has 4 heteroatoms. The fraction of sp³-hybridized carbons (Fsp3) is 0.214. The van der Waals surface area contributed by atoms with Crippen LogP contribution < -0.4 is 10.5 Å². The summed E-state index contributed by atoms with van der Waals surface area (Å²) >= 11 is 6.02. The molecule has 0 bridgehead atoms. The monoisotopic (exact) mass is 262 g/mol. The van der Waals surface area contributed by atoms with E-state index < -0.39 is 0 Å². The molecule has 1 atom stereocenters. The lowest BCUT2D eigenvalue weighted by atomic mass is 9.96. The van der Waals surface area contributed by atoms with Crippen LogP contribution in [-0.4, -0.2) is 12.1 Å². The van der Waals surface area contributed by atoms with E-state index in [1.165, 1.54) is 0 Å². The van der Waals surface area contributed by atoms with Crippen LogP contribution in [0.2, 0.25) is 5.02 Å². The van der Waals surface area contributed by atoms with Crippen molar-refractivity contribution in [2.75, 3.05) is 7.11 Å². The van der Waals surface area contributed by atoms with Crippen molar-refractivity contribution in [1.29, 1.82) is 0 Å². The summed E-state index contributed by atoms with van der Waals surface area (Å²) in [6, 6.07) is 7.09. The molecule has 0 aliphatic heterocycles. The molecule has 0 saturated carbocycles. The zero-order chi connectivity index (χ0) is 13.1. The topological polar surface area (TPSA) is 48.1 Å². The Morgan fingerprint density at radius 3 is 2.72 bits per heavy atom. The van der Waals surface area contributed by atoms with Crippen molar-refractivity contribution in [3.63, 3.8) is 0 Å². The lowest BCUT2D eigenvalue weighted by Gasteiger charge is -2.18. The molecule has 1 aromatic heterocycles. The number of ether oxygens (including phenoxy) is 1. The number of aryl methyl sites for hydroxylation is 1. The molecule has 0 spiro atoms. The minimum Gasteiger partial charge on any atom is -0.496 e. The van der Waals surface area contributed by atoms with Gasteiger partial charge in [-0.3, -0.25) is 4.98 Å². The van der Waals surface area contributed by atoms with Gasteiger partial charge in [-0.2, -0.15) is 0 Å². The number of methoxy groups -OCH3 is 1. The number of halogens is 1. The van der Waals surface area contributed by atoms with Crippen molar-refractivity contribution >= 4 is 11.6 Å². The predicted octanol–water partition coefficient (Wildman–Crippen LogP) is 3.10. The maximum Gasteiger partial charge on any atom is 0.124 e. The molecule has 0 radical (unpaired) electrons. The summed E-state index contributed by atoms with van der Waals surface area (Å²) in [4.78, 5) is 4.07. The van der Waals surface area contributed by atoms with Crippen LogP contribution >= 0.6 is 11.6 Å². The van der Waals surface area contributed by atoms with Gasteiger partial charge in [0.15, 0.2) is 0 Å². The quantitative estimate of drug-likeness (QED) is 0.925. The molecule has 0 fully saturated rings. The Hall–Kier alpha value is -1.58.